The van der Waals surface area contributed by atoms with E-state index in [0.29, 0.717) is 0 Å². The lowest BCUT2D eigenvalue weighted by Crippen LogP contribution is -2.06. The molecule has 2 heterocycles. The minimum absolute atomic E-state index is 0.185. The standard InChI is InChI=1S/C17H13N3O/c1-10-2-5-15-13(6-10)14(17(21)19-15)7-11-3-4-12-9-18-20-16(12)8-11/h2-9,19,21H,1H3/b11-7-. The highest BCUT2D eigenvalue weighted by Crippen LogP contribution is 2.28. The Balaban J connectivity index is 1.97. The first kappa shape index (κ1) is 11.9. The van der Waals surface area contributed by atoms with Crippen molar-refractivity contribution in [3.8, 4) is 5.88 Å². The van der Waals surface area contributed by atoms with Crippen molar-refractivity contribution < 1.29 is 5.11 Å². The summed E-state index contributed by atoms with van der Waals surface area (Å²) in [7, 11) is 0. The highest BCUT2D eigenvalue weighted by atomic mass is 16.3. The van der Waals surface area contributed by atoms with Gasteiger partial charge in [-0.3, -0.25) is 0 Å². The van der Waals surface area contributed by atoms with E-state index in [9.17, 15) is 5.11 Å². The molecule has 21 heavy (non-hydrogen) atoms. The summed E-state index contributed by atoms with van der Waals surface area (Å²) < 4.78 is 0. The Morgan fingerprint density at radius 3 is 2.95 bits per heavy atom. The van der Waals surface area contributed by atoms with Gasteiger partial charge >= 0.3 is 0 Å². The first-order chi connectivity index (χ1) is 10.2. The molecule has 0 radical (unpaired) electrons. The predicted molar refractivity (Wildman–Crippen MR) is 82.9 cm³/mol. The molecule has 1 aromatic heterocycles. The summed E-state index contributed by atoms with van der Waals surface area (Å²) in [6, 6.07) is 12.0. The van der Waals surface area contributed by atoms with Gasteiger partial charge in [-0.15, -0.1) is 0 Å². The van der Waals surface area contributed by atoms with E-state index < -0.39 is 0 Å². The van der Waals surface area contributed by atoms with Crippen molar-refractivity contribution >= 4 is 28.9 Å². The normalized spacial score (nSPS) is 13.7. The van der Waals surface area contributed by atoms with Crippen LogP contribution in [0.2, 0.25) is 0 Å². The molecule has 4 nitrogen and oxygen atoms in total. The number of hydrogen-bond acceptors (Lipinski definition) is 3. The monoisotopic (exact) mass is 275 g/mol. The second-order valence-electron chi connectivity index (χ2n) is 5.24. The molecule has 0 aliphatic carbocycles. The van der Waals surface area contributed by atoms with Crippen molar-refractivity contribution in [1.82, 2.24) is 4.98 Å². The molecule has 2 N–H and O–H groups in total. The molecule has 102 valence electrons. The summed E-state index contributed by atoms with van der Waals surface area (Å²) >= 11 is 0. The van der Waals surface area contributed by atoms with Crippen LogP contribution in [-0.4, -0.2) is 10.1 Å². The zero-order valence-electron chi connectivity index (χ0n) is 11.5. The Labute approximate surface area is 120 Å². The highest BCUT2D eigenvalue weighted by Gasteiger charge is 2.08. The molecule has 0 fully saturated rings. The van der Waals surface area contributed by atoms with Crippen LogP contribution in [0.3, 0.4) is 0 Å². The second-order valence-corrected chi connectivity index (χ2v) is 5.24. The Kier molecular flexibility index (Phi) is 2.44. The first-order valence-corrected chi connectivity index (χ1v) is 6.75. The SMILES string of the molecule is Cc1ccc2[nH]c(O)c(/C=c3/ccc4c(c3)N=NC=4)c2c1. The van der Waals surface area contributed by atoms with Crippen molar-refractivity contribution in [2.45, 2.75) is 6.92 Å². The topological polar surface area (TPSA) is 60.7 Å². The average Bonchev–Trinajstić information content (AvgIpc) is 3.04. The van der Waals surface area contributed by atoms with Gasteiger partial charge in [0.2, 0.25) is 0 Å². The van der Waals surface area contributed by atoms with E-state index in [2.05, 4.69) is 21.3 Å². The minimum atomic E-state index is 0.185. The lowest BCUT2D eigenvalue weighted by molar-refractivity contribution is 0.457. The van der Waals surface area contributed by atoms with Gasteiger partial charge in [-0.05, 0) is 36.4 Å². The van der Waals surface area contributed by atoms with Crippen LogP contribution in [0.15, 0.2) is 46.6 Å². The van der Waals surface area contributed by atoms with Crippen LogP contribution in [0.25, 0.3) is 23.2 Å². The van der Waals surface area contributed by atoms with E-state index in [1.54, 1.807) is 6.20 Å². The highest BCUT2D eigenvalue weighted by molar-refractivity contribution is 5.92. The molecule has 0 bridgehead atoms. The van der Waals surface area contributed by atoms with Crippen LogP contribution >= 0.6 is 0 Å². The smallest absolute Gasteiger partial charge is 0.196 e. The van der Waals surface area contributed by atoms with Crippen LogP contribution in [0.5, 0.6) is 5.88 Å². The molecular weight excluding hydrogens is 262 g/mol. The van der Waals surface area contributed by atoms with E-state index >= 15 is 0 Å². The van der Waals surface area contributed by atoms with Crippen molar-refractivity contribution in [1.29, 1.82) is 0 Å². The van der Waals surface area contributed by atoms with Crippen LogP contribution in [0.4, 0.5) is 5.69 Å². The number of fused-ring (bicyclic) bond motifs is 2. The molecule has 2 aromatic carbocycles. The Morgan fingerprint density at radius 1 is 1.14 bits per heavy atom. The summed E-state index contributed by atoms with van der Waals surface area (Å²) in [6.07, 6.45) is 3.70. The molecule has 0 saturated heterocycles. The maximum atomic E-state index is 10.1. The van der Waals surface area contributed by atoms with Gasteiger partial charge in [0.1, 0.15) is 0 Å². The van der Waals surface area contributed by atoms with E-state index in [1.807, 2.05) is 43.3 Å². The number of aromatic nitrogens is 1. The third-order valence-electron chi connectivity index (χ3n) is 3.70. The van der Waals surface area contributed by atoms with Gasteiger partial charge in [0.15, 0.2) is 5.88 Å². The van der Waals surface area contributed by atoms with Gasteiger partial charge in [0.25, 0.3) is 0 Å². The van der Waals surface area contributed by atoms with Crippen LogP contribution in [-0.2, 0) is 0 Å². The lowest BCUT2D eigenvalue weighted by atomic mass is 10.1. The minimum Gasteiger partial charge on any atom is -0.494 e. The molecule has 0 amide bonds. The van der Waals surface area contributed by atoms with Gasteiger partial charge in [-0.1, -0.05) is 23.8 Å². The third kappa shape index (κ3) is 1.92. The molecule has 3 aromatic rings. The zero-order chi connectivity index (χ0) is 14.4. The number of nitrogens with one attached hydrogen (secondary N) is 1. The summed E-state index contributed by atoms with van der Waals surface area (Å²) in [5, 5.41) is 21.1. The van der Waals surface area contributed by atoms with E-state index in [-0.39, 0.29) is 5.88 Å². The van der Waals surface area contributed by atoms with Crippen molar-refractivity contribution in [3.63, 3.8) is 0 Å². The number of aromatic amines is 1. The summed E-state index contributed by atoms with van der Waals surface area (Å²) in [5.41, 5.74) is 3.75. The number of benzene rings is 2. The fourth-order valence-corrected chi connectivity index (χ4v) is 2.62. The Bertz CT molecular complexity index is 1010. The van der Waals surface area contributed by atoms with Crippen molar-refractivity contribution in [2.24, 2.45) is 10.2 Å². The molecular formula is C17H13N3O. The van der Waals surface area contributed by atoms with Crippen LogP contribution < -0.4 is 10.4 Å². The fourth-order valence-electron chi connectivity index (χ4n) is 2.62. The number of rotatable bonds is 1. The molecule has 0 spiro atoms. The second kappa shape index (κ2) is 4.31. The summed E-state index contributed by atoms with van der Waals surface area (Å²) in [6.45, 7) is 2.04. The quantitative estimate of drug-likeness (QED) is 0.705. The number of nitrogens with zero attached hydrogens (tertiary/aromatic N) is 2. The lowest BCUT2D eigenvalue weighted by Gasteiger charge is -1.96. The molecule has 0 atom stereocenters. The average molecular weight is 275 g/mol. The van der Waals surface area contributed by atoms with E-state index in [1.165, 1.54) is 0 Å². The van der Waals surface area contributed by atoms with Gasteiger partial charge in [-0.2, -0.15) is 10.2 Å². The van der Waals surface area contributed by atoms with Gasteiger partial charge in [0, 0.05) is 21.7 Å². The summed E-state index contributed by atoms with van der Waals surface area (Å²) in [5.74, 6) is 0.185. The Morgan fingerprint density at radius 2 is 2.05 bits per heavy atom. The third-order valence-corrected chi connectivity index (χ3v) is 3.70. The number of H-pyrrole nitrogens is 1. The van der Waals surface area contributed by atoms with Crippen LogP contribution in [0.1, 0.15) is 11.1 Å². The molecule has 1 aliphatic heterocycles. The predicted octanol–water partition coefficient (Wildman–Crippen LogP) is 2.85. The van der Waals surface area contributed by atoms with Gasteiger partial charge in [0.05, 0.1) is 11.9 Å². The van der Waals surface area contributed by atoms with Crippen LogP contribution in [0, 0.1) is 6.92 Å². The van der Waals surface area contributed by atoms with E-state index in [0.717, 1.165) is 38.2 Å². The summed E-state index contributed by atoms with van der Waals surface area (Å²) in [4.78, 5) is 3.00. The Hall–Kier alpha value is -2.88. The molecule has 0 unspecified atom stereocenters. The van der Waals surface area contributed by atoms with Gasteiger partial charge in [-0.25, -0.2) is 0 Å². The number of azo groups is 1. The largest absolute Gasteiger partial charge is 0.494 e. The zero-order valence-corrected chi connectivity index (χ0v) is 11.5. The number of hydrogen-bond donors (Lipinski definition) is 2. The first-order valence-electron chi connectivity index (χ1n) is 6.75. The van der Waals surface area contributed by atoms with Crippen molar-refractivity contribution in [3.05, 3.63) is 58.0 Å². The molecule has 1 aliphatic rings. The number of aromatic hydroxyl groups is 1. The maximum absolute atomic E-state index is 10.1. The van der Waals surface area contributed by atoms with Gasteiger partial charge < -0.3 is 10.1 Å². The van der Waals surface area contributed by atoms with Crippen molar-refractivity contribution in [2.75, 3.05) is 0 Å². The molecule has 4 heteroatoms. The fraction of sp³-hybridized carbons (Fsp3) is 0.0588. The maximum Gasteiger partial charge on any atom is 0.196 e. The molecule has 0 saturated carbocycles. The molecule has 4 rings (SSSR count). The van der Waals surface area contributed by atoms with E-state index in [4.69, 9.17) is 0 Å². The number of aryl methyl sites for hydroxylation is 1.